The van der Waals surface area contributed by atoms with E-state index in [1.54, 1.807) is 12.3 Å². The van der Waals surface area contributed by atoms with Crippen molar-refractivity contribution in [3.63, 3.8) is 0 Å². The standard InChI is InChI=1S/C28H24ClFN6O3/c1-38-28(37)20-13-6-8-14(9-7-13)22(20)34-26-21(30)24(18-10-15-4-2-3-5-17(15)39-18)35-25(36-26)16-11-31-27-23(16)33-19(29)12-32-27/h2-5,10-14,20,22H,6-9H2,1H3,(H,31,32)(H,34,35,36). The third-order valence-corrected chi connectivity index (χ3v) is 8.28. The minimum absolute atomic E-state index is 0.00127. The average molecular weight is 547 g/mol. The zero-order valence-corrected chi connectivity index (χ0v) is 21.7. The molecule has 0 amide bonds. The fraction of sp³-hybridized carbons (Fsp3) is 0.321. The number of esters is 1. The molecule has 0 aliphatic heterocycles. The van der Waals surface area contributed by atoms with Gasteiger partial charge in [0.25, 0.3) is 0 Å². The van der Waals surface area contributed by atoms with E-state index in [0.29, 0.717) is 22.3 Å². The van der Waals surface area contributed by atoms with Gasteiger partial charge in [0.2, 0.25) is 0 Å². The number of nitrogens with zero attached hydrogens (tertiary/aromatic N) is 4. The number of furan rings is 1. The van der Waals surface area contributed by atoms with Gasteiger partial charge in [-0.3, -0.25) is 4.79 Å². The summed E-state index contributed by atoms with van der Waals surface area (Å²) in [6, 6.07) is 8.87. The number of hydrogen-bond donors (Lipinski definition) is 2. The Bertz CT molecular complexity index is 1690. The molecule has 8 rings (SSSR count). The van der Waals surface area contributed by atoms with Crippen LogP contribution in [0.5, 0.6) is 0 Å². The molecule has 198 valence electrons. The second-order valence-electron chi connectivity index (χ2n) is 10.2. The molecule has 39 heavy (non-hydrogen) atoms. The Morgan fingerprint density at radius 1 is 1.15 bits per heavy atom. The maximum atomic E-state index is 16.3. The highest BCUT2D eigenvalue weighted by molar-refractivity contribution is 6.29. The van der Waals surface area contributed by atoms with E-state index in [4.69, 9.17) is 20.8 Å². The molecule has 3 aliphatic carbocycles. The van der Waals surface area contributed by atoms with Crippen molar-refractivity contribution in [3.05, 3.63) is 53.7 Å². The smallest absolute Gasteiger partial charge is 0.311 e. The maximum absolute atomic E-state index is 16.3. The minimum Gasteiger partial charge on any atom is -0.469 e. The quantitative estimate of drug-likeness (QED) is 0.257. The Morgan fingerprint density at radius 2 is 1.95 bits per heavy atom. The molecule has 5 aromatic rings. The molecule has 4 heterocycles. The fourth-order valence-electron chi connectivity index (χ4n) is 6.26. The van der Waals surface area contributed by atoms with E-state index in [1.807, 2.05) is 24.3 Å². The van der Waals surface area contributed by atoms with Gasteiger partial charge in [-0.25, -0.2) is 24.3 Å². The number of aromatic nitrogens is 5. The SMILES string of the molecule is COC(=O)C1C2CCC(CC2)C1Nc1nc(-c2c[nH]c3ncc(Cl)nc23)nc(-c2cc3ccccc3o2)c1F. The van der Waals surface area contributed by atoms with Crippen molar-refractivity contribution in [2.45, 2.75) is 31.7 Å². The molecular formula is C28H24ClFN6O3. The number of fused-ring (bicyclic) bond motifs is 5. The number of anilines is 1. The summed E-state index contributed by atoms with van der Waals surface area (Å²) >= 11 is 6.13. The number of hydrogen-bond acceptors (Lipinski definition) is 8. The van der Waals surface area contributed by atoms with Gasteiger partial charge in [-0.05, 0) is 49.7 Å². The van der Waals surface area contributed by atoms with Crippen LogP contribution < -0.4 is 5.32 Å². The van der Waals surface area contributed by atoms with E-state index >= 15 is 4.39 Å². The number of methoxy groups -OCH3 is 1. The van der Waals surface area contributed by atoms with E-state index in [9.17, 15) is 4.79 Å². The Morgan fingerprint density at radius 3 is 2.74 bits per heavy atom. The minimum atomic E-state index is -0.660. The predicted octanol–water partition coefficient (Wildman–Crippen LogP) is 6.01. The van der Waals surface area contributed by atoms with E-state index in [2.05, 4.69) is 30.2 Å². The van der Waals surface area contributed by atoms with Gasteiger partial charge in [0, 0.05) is 17.6 Å². The number of carbonyl (C=O) groups excluding carboxylic acids is 1. The van der Waals surface area contributed by atoms with Crippen molar-refractivity contribution in [3.8, 4) is 22.8 Å². The van der Waals surface area contributed by atoms with Gasteiger partial charge in [0.1, 0.15) is 21.9 Å². The van der Waals surface area contributed by atoms with Crippen LogP contribution in [-0.2, 0) is 9.53 Å². The molecule has 2 N–H and O–H groups in total. The lowest BCUT2D eigenvalue weighted by Crippen LogP contribution is -2.52. The predicted molar refractivity (Wildman–Crippen MR) is 143 cm³/mol. The van der Waals surface area contributed by atoms with E-state index in [-0.39, 0.29) is 58.0 Å². The van der Waals surface area contributed by atoms with Crippen molar-refractivity contribution < 1.29 is 18.3 Å². The molecule has 2 atom stereocenters. The molecule has 3 saturated carbocycles. The molecule has 11 heteroatoms. The molecule has 2 bridgehead atoms. The average Bonchev–Trinajstić information content (AvgIpc) is 3.58. The van der Waals surface area contributed by atoms with Gasteiger partial charge in [-0.1, -0.05) is 29.8 Å². The summed E-state index contributed by atoms with van der Waals surface area (Å²) in [5, 5.41) is 4.34. The second-order valence-corrected chi connectivity index (χ2v) is 10.6. The van der Waals surface area contributed by atoms with Crippen LogP contribution in [-0.4, -0.2) is 44.0 Å². The summed E-state index contributed by atoms with van der Waals surface area (Å²) in [5.41, 5.74) is 2.08. The zero-order valence-electron chi connectivity index (χ0n) is 20.9. The number of benzene rings is 1. The van der Waals surface area contributed by atoms with Crippen molar-refractivity contribution in [2.24, 2.45) is 17.8 Å². The highest BCUT2D eigenvalue weighted by Crippen LogP contribution is 2.47. The summed E-state index contributed by atoms with van der Waals surface area (Å²) < 4.78 is 27.4. The molecule has 0 saturated heterocycles. The lowest BCUT2D eigenvalue weighted by atomic mass is 9.61. The van der Waals surface area contributed by atoms with Crippen LogP contribution in [0.15, 0.2) is 47.1 Å². The van der Waals surface area contributed by atoms with Crippen LogP contribution in [0.25, 0.3) is 45.0 Å². The van der Waals surface area contributed by atoms with E-state index < -0.39 is 5.82 Å². The lowest BCUT2D eigenvalue weighted by molar-refractivity contribution is -0.152. The zero-order chi connectivity index (χ0) is 26.7. The van der Waals surface area contributed by atoms with Crippen LogP contribution in [0.3, 0.4) is 0 Å². The fourth-order valence-corrected chi connectivity index (χ4v) is 6.39. The summed E-state index contributed by atoms with van der Waals surface area (Å²) in [5.74, 6) is -0.470. The summed E-state index contributed by atoms with van der Waals surface area (Å²) in [4.78, 5) is 33.7. The number of H-pyrrole nitrogens is 1. The third-order valence-electron chi connectivity index (χ3n) is 8.10. The molecule has 0 radical (unpaired) electrons. The largest absolute Gasteiger partial charge is 0.469 e. The summed E-state index contributed by atoms with van der Waals surface area (Å²) in [7, 11) is 1.40. The third kappa shape index (κ3) is 4.01. The molecule has 0 spiro atoms. The Kier molecular flexibility index (Phi) is 5.73. The molecule has 1 aromatic carbocycles. The maximum Gasteiger partial charge on any atom is 0.311 e. The normalized spacial score (nSPS) is 22.4. The summed E-state index contributed by atoms with van der Waals surface area (Å²) in [6.07, 6.45) is 6.94. The topological polar surface area (TPSA) is 119 Å². The Labute approximate surface area is 227 Å². The Hall–Kier alpha value is -4.05. The van der Waals surface area contributed by atoms with Crippen molar-refractivity contribution >= 4 is 45.5 Å². The first-order valence-electron chi connectivity index (χ1n) is 12.9. The molecule has 9 nitrogen and oxygen atoms in total. The number of ether oxygens (including phenoxy) is 1. The number of carbonyl (C=O) groups is 1. The van der Waals surface area contributed by atoms with Crippen molar-refractivity contribution in [1.82, 2.24) is 24.9 Å². The van der Waals surface area contributed by atoms with E-state index in [1.165, 1.54) is 13.3 Å². The second kappa shape index (κ2) is 9.30. The van der Waals surface area contributed by atoms with Crippen molar-refractivity contribution in [2.75, 3.05) is 12.4 Å². The first-order valence-corrected chi connectivity index (χ1v) is 13.3. The van der Waals surface area contributed by atoms with Gasteiger partial charge in [-0.2, -0.15) is 0 Å². The highest BCUT2D eigenvalue weighted by atomic mass is 35.5. The highest BCUT2D eigenvalue weighted by Gasteiger charge is 2.48. The van der Waals surface area contributed by atoms with Crippen LogP contribution in [0.2, 0.25) is 5.15 Å². The van der Waals surface area contributed by atoms with Crippen LogP contribution in [0.1, 0.15) is 25.7 Å². The molecular weight excluding hydrogens is 523 g/mol. The monoisotopic (exact) mass is 546 g/mol. The first kappa shape index (κ1) is 24.0. The number of para-hydroxylation sites is 1. The molecule has 2 unspecified atom stereocenters. The summed E-state index contributed by atoms with van der Waals surface area (Å²) in [6.45, 7) is 0. The van der Waals surface area contributed by atoms with Gasteiger partial charge < -0.3 is 19.5 Å². The Balaban J connectivity index is 1.39. The van der Waals surface area contributed by atoms with Crippen LogP contribution >= 0.6 is 11.6 Å². The van der Waals surface area contributed by atoms with Crippen LogP contribution in [0.4, 0.5) is 10.2 Å². The number of halogens is 2. The number of aromatic amines is 1. The van der Waals surface area contributed by atoms with Gasteiger partial charge in [0.15, 0.2) is 28.9 Å². The lowest BCUT2D eigenvalue weighted by Gasteiger charge is -2.47. The van der Waals surface area contributed by atoms with Gasteiger partial charge >= 0.3 is 5.97 Å². The number of rotatable bonds is 5. The first-order chi connectivity index (χ1) is 19.0. The molecule has 4 aromatic heterocycles. The van der Waals surface area contributed by atoms with E-state index in [0.717, 1.165) is 31.1 Å². The van der Waals surface area contributed by atoms with Crippen LogP contribution in [0, 0.1) is 23.6 Å². The van der Waals surface area contributed by atoms with Gasteiger partial charge in [-0.15, -0.1) is 0 Å². The number of nitrogens with one attached hydrogen (secondary N) is 2. The molecule has 3 aliphatic rings. The van der Waals surface area contributed by atoms with Crippen molar-refractivity contribution in [1.29, 1.82) is 0 Å². The van der Waals surface area contributed by atoms with Gasteiger partial charge in [0.05, 0.1) is 24.8 Å². The molecule has 3 fully saturated rings.